The van der Waals surface area contributed by atoms with E-state index in [1.165, 1.54) is 37.8 Å². The third-order valence-corrected chi connectivity index (χ3v) is 7.67. The number of aliphatic hydroxyl groups is 1. The summed E-state index contributed by atoms with van der Waals surface area (Å²) in [6, 6.07) is 10.8. The molecule has 2 aliphatic carbocycles. The van der Waals surface area contributed by atoms with Gasteiger partial charge in [0.25, 0.3) is 0 Å². The number of amides is 1. The largest absolute Gasteiger partial charge is 0.504 e. The number of phenols is 2. The standard InChI is InChI=1S/C31H42N2O6/c1-39-25-14-11-23(12-15-25)27(34)5-3-2-4-6-30(37)32-26(31(38)24-13-16-28(35)29(36)17-24)20-33(18-21-7-8-21)19-22-9-10-22/h11-17,21-22,26,31,35-36,38H,2-10,18-20H2,1H3,(H,32,37)/t26-,31-/m1/s1. The number of carbonyl (C=O) groups is 2. The van der Waals surface area contributed by atoms with Gasteiger partial charge in [-0.25, -0.2) is 0 Å². The molecule has 0 aliphatic heterocycles. The SMILES string of the molecule is COc1ccc(C(=O)CCCCCC(=O)N[C@H](CN(CC2CC2)CC2CC2)[C@H](O)c2ccc(O)c(O)c2)cc1. The summed E-state index contributed by atoms with van der Waals surface area (Å²) in [7, 11) is 1.59. The lowest BCUT2D eigenvalue weighted by Gasteiger charge is -2.31. The molecule has 2 atom stereocenters. The van der Waals surface area contributed by atoms with Gasteiger partial charge in [0, 0.05) is 38.0 Å². The number of nitrogens with one attached hydrogen (secondary N) is 1. The van der Waals surface area contributed by atoms with Crippen molar-refractivity contribution >= 4 is 11.7 Å². The Hall–Kier alpha value is -3.10. The molecule has 8 nitrogen and oxygen atoms in total. The van der Waals surface area contributed by atoms with Gasteiger partial charge in [0.15, 0.2) is 17.3 Å². The molecular formula is C31H42N2O6. The fraction of sp³-hybridized carbons (Fsp3) is 0.548. The molecule has 2 fully saturated rings. The van der Waals surface area contributed by atoms with Gasteiger partial charge in [-0.05, 0) is 92.3 Å². The number of phenolic OH excluding ortho intramolecular Hbond substituents is 2. The Morgan fingerprint density at radius 1 is 0.923 bits per heavy atom. The maximum Gasteiger partial charge on any atom is 0.220 e. The average Bonchev–Trinajstić information content (AvgIpc) is 3.87. The number of rotatable bonds is 17. The van der Waals surface area contributed by atoms with Crippen molar-refractivity contribution in [2.24, 2.45) is 11.8 Å². The second kappa shape index (κ2) is 13.8. The van der Waals surface area contributed by atoms with E-state index in [9.17, 15) is 24.9 Å². The lowest BCUT2D eigenvalue weighted by molar-refractivity contribution is -0.123. The molecule has 0 radical (unpaired) electrons. The Bertz CT molecular complexity index is 1080. The molecule has 8 heteroatoms. The summed E-state index contributed by atoms with van der Waals surface area (Å²) in [6.07, 6.45) is 6.74. The number of ether oxygens (including phenoxy) is 1. The van der Waals surface area contributed by atoms with Gasteiger partial charge in [-0.15, -0.1) is 0 Å². The highest BCUT2D eigenvalue weighted by atomic mass is 16.5. The zero-order chi connectivity index (χ0) is 27.8. The zero-order valence-corrected chi connectivity index (χ0v) is 22.8. The summed E-state index contributed by atoms with van der Waals surface area (Å²) >= 11 is 0. The molecule has 2 saturated carbocycles. The fourth-order valence-corrected chi connectivity index (χ4v) is 4.96. The van der Waals surface area contributed by atoms with E-state index in [0.717, 1.165) is 19.5 Å². The summed E-state index contributed by atoms with van der Waals surface area (Å²) in [5, 5.41) is 33.9. The molecular weight excluding hydrogens is 496 g/mol. The van der Waals surface area contributed by atoms with Gasteiger partial charge in [0.2, 0.25) is 5.91 Å². The van der Waals surface area contributed by atoms with Gasteiger partial charge in [0.1, 0.15) is 11.9 Å². The molecule has 2 aromatic carbocycles. The molecule has 4 rings (SSSR count). The smallest absolute Gasteiger partial charge is 0.220 e. The summed E-state index contributed by atoms with van der Waals surface area (Å²) < 4.78 is 5.13. The van der Waals surface area contributed by atoms with Gasteiger partial charge < -0.3 is 30.3 Å². The number of Topliss-reactive ketones (excluding diaryl/α,β-unsaturated/α-hetero) is 1. The van der Waals surface area contributed by atoms with E-state index in [4.69, 9.17) is 4.74 Å². The van der Waals surface area contributed by atoms with Crippen LogP contribution in [0.25, 0.3) is 0 Å². The molecule has 0 spiro atoms. The number of hydrogen-bond donors (Lipinski definition) is 4. The van der Waals surface area contributed by atoms with E-state index in [1.807, 2.05) is 0 Å². The Morgan fingerprint density at radius 2 is 1.56 bits per heavy atom. The first kappa shape index (κ1) is 28.9. The van der Waals surface area contributed by atoms with Crippen LogP contribution in [0.15, 0.2) is 42.5 Å². The monoisotopic (exact) mass is 538 g/mol. The lowest BCUT2D eigenvalue weighted by Crippen LogP contribution is -2.48. The predicted molar refractivity (Wildman–Crippen MR) is 149 cm³/mol. The van der Waals surface area contributed by atoms with Crippen molar-refractivity contribution in [2.75, 3.05) is 26.7 Å². The number of nitrogens with zero attached hydrogens (tertiary/aromatic N) is 1. The summed E-state index contributed by atoms with van der Waals surface area (Å²) in [5.41, 5.74) is 1.11. The van der Waals surface area contributed by atoms with Crippen LogP contribution in [-0.4, -0.2) is 64.7 Å². The van der Waals surface area contributed by atoms with Crippen LogP contribution in [0.2, 0.25) is 0 Å². The second-order valence-corrected chi connectivity index (χ2v) is 11.2. The summed E-state index contributed by atoms with van der Waals surface area (Å²) in [5.74, 6) is 1.49. The number of methoxy groups -OCH3 is 1. The van der Waals surface area contributed by atoms with E-state index < -0.39 is 12.1 Å². The van der Waals surface area contributed by atoms with Crippen LogP contribution >= 0.6 is 0 Å². The molecule has 2 aromatic rings. The van der Waals surface area contributed by atoms with Gasteiger partial charge in [-0.1, -0.05) is 12.5 Å². The Morgan fingerprint density at radius 3 is 2.15 bits per heavy atom. The first-order chi connectivity index (χ1) is 18.8. The van der Waals surface area contributed by atoms with Crippen LogP contribution in [0, 0.1) is 11.8 Å². The third kappa shape index (κ3) is 9.25. The van der Waals surface area contributed by atoms with Crippen molar-refractivity contribution < 1.29 is 29.6 Å². The Balaban J connectivity index is 1.28. The number of aliphatic hydroxyl groups excluding tert-OH is 1. The molecule has 0 heterocycles. The van der Waals surface area contributed by atoms with E-state index in [2.05, 4.69) is 10.2 Å². The first-order valence-corrected chi connectivity index (χ1v) is 14.2. The number of carbonyl (C=O) groups excluding carboxylic acids is 2. The van der Waals surface area contributed by atoms with Gasteiger partial charge >= 0.3 is 0 Å². The van der Waals surface area contributed by atoms with Gasteiger partial charge in [-0.2, -0.15) is 0 Å². The molecule has 39 heavy (non-hydrogen) atoms. The molecule has 0 unspecified atom stereocenters. The normalized spacial score (nSPS) is 16.6. The molecule has 2 aliphatic rings. The Labute approximate surface area is 231 Å². The van der Waals surface area contributed by atoms with Crippen LogP contribution < -0.4 is 10.1 Å². The Kier molecular flexibility index (Phi) is 10.2. The van der Waals surface area contributed by atoms with Gasteiger partial charge in [0.05, 0.1) is 13.2 Å². The van der Waals surface area contributed by atoms with Crippen LogP contribution in [0.1, 0.15) is 79.8 Å². The average molecular weight is 539 g/mol. The van der Waals surface area contributed by atoms with Gasteiger partial charge in [-0.3, -0.25) is 9.59 Å². The molecule has 0 saturated heterocycles. The number of aromatic hydroxyl groups is 2. The molecule has 0 bridgehead atoms. The van der Waals surface area contributed by atoms with Crippen LogP contribution in [0.4, 0.5) is 0 Å². The molecule has 0 aromatic heterocycles. The fourth-order valence-electron chi connectivity index (χ4n) is 4.96. The predicted octanol–water partition coefficient (Wildman–Crippen LogP) is 4.58. The highest BCUT2D eigenvalue weighted by molar-refractivity contribution is 5.96. The summed E-state index contributed by atoms with van der Waals surface area (Å²) in [4.78, 5) is 27.7. The number of unbranched alkanes of at least 4 members (excludes halogenated alkanes) is 2. The molecule has 1 amide bonds. The first-order valence-electron chi connectivity index (χ1n) is 14.2. The lowest BCUT2D eigenvalue weighted by atomic mass is 10.00. The minimum Gasteiger partial charge on any atom is -0.504 e. The number of ketones is 1. The van der Waals surface area contributed by atoms with E-state index in [1.54, 1.807) is 37.4 Å². The maximum absolute atomic E-state index is 12.9. The van der Waals surface area contributed by atoms with Crippen molar-refractivity contribution in [1.82, 2.24) is 10.2 Å². The van der Waals surface area contributed by atoms with Crippen LogP contribution in [0.3, 0.4) is 0 Å². The minimum atomic E-state index is -1.02. The van der Waals surface area contributed by atoms with Crippen molar-refractivity contribution in [3.63, 3.8) is 0 Å². The van der Waals surface area contributed by atoms with E-state index >= 15 is 0 Å². The minimum absolute atomic E-state index is 0.0776. The number of hydrogen-bond acceptors (Lipinski definition) is 7. The topological polar surface area (TPSA) is 119 Å². The van der Waals surface area contributed by atoms with Crippen molar-refractivity contribution in [2.45, 2.75) is 69.9 Å². The highest BCUT2D eigenvalue weighted by Crippen LogP contribution is 2.35. The molecule has 4 N–H and O–H groups in total. The quantitative estimate of drug-likeness (QED) is 0.132. The van der Waals surface area contributed by atoms with Crippen molar-refractivity contribution in [3.05, 3.63) is 53.6 Å². The van der Waals surface area contributed by atoms with Crippen molar-refractivity contribution in [3.8, 4) is 17.2 Å². The van der Waals surface area contributed by atoms with E-state index in [-0.39, 0.29) is 23.2 Å². The molecule has 212 valence electrons. The third-order valence-electron chi connectivity index (χ3n) is 7.67. The van der Waals surface area contributed by atoms with E-state index in [0.29, 0.717) is 60.9 Å². The maximum atomic E-state index is 12.9. The second-order valence-electron chi connectivity index (χ2n) is 11.2. The summed E-state index contributed by atoms with van der Waals surface area (Å²) in [6.45, 7) is 2.47. The zero-order valence-electron chi connectivity index (χ0n) is 22.8. The number of benzene rings is 2. The van der Waals surface area contributed by atoms with Crippen LogP contribution in [-0.2, 0) is 4.79 Å². The van der Waals surface area contributed by atoms with Crippen LogP contribution in [0.5, 0.6) is 17.2 Å². The highest BCUT2D eigenvalue weighted by Gasteiger charge is 2.32. The van der Waals surface area contributed by atoms with Crippen molar-refractivity contribution in [1.29, 1.82) is 0 Å².